The molecule has 0 unspecified atom stereocenters. The highest BCUT2D eigenvalue weighted by Crippen LogP contribution is 2.46. The molecule has 0 atom stereocenters. The van der Waals surface area contributed by atoms with Crippen molar-refractivity contribution in [2.75, 3.05) is 38.3 Å². The number of ether oxygens (including phenoxy) is 2. The van der Waals surface area contributed by atoms with E-state index >= 15 is 0 Å². The summed E-state index contributed by atoms with van der Waals surface area (Å²) in [5.41, 5.74) is 1.70. The number of rotatable bonds is 4. The number of benzene rings is 1. The Morgan fingerprint density at radius 2 is 1.81 bits per heavy atom. The molecule has 5 heteroatoms. The first-order valence-corrected chi connectivity index (χ1v) is 10.6. The van der Waals surface area contributed by atoms with Gasteiger partial charge >= 0.3 is 6.09 Å². The molecule has 2 fully saturated rings. The monoisotopic (exact) mass is 372 g/mol. The quantitative estimate of drug-likeness (QED) is 0.739. The summed E-state index contributed by atoms with van der Waals surface area (Å²) in [7, 11) is 1.66. The fraction of sp³-hybridized carbons (Fsp3) is 0.682. The number of hydrogen-bond acceptors (Lipinski definition) is 4. The predicted octanol–water partition coefficient (Wildman–Crippen LogP) is 4.30. The van der Waals surface area contributed by atoms with Gasteiger partial charge in [-0.1, -0.05) is 43.9 Å². The summed E-state index contributed by atoms with van der Waals surface area (Å²) in [5, 5.41) is 0. The normalized spacial score (nSPS) is 23.7. The highest BCUT2D eigenvalue weighted by molar-refractivity contribution is 5.91. The lowest BCUT2D eigenvalue weighted by atomic mass is 9.81. The van der Waals surface area contributed by atoms with E-state index in [2.05, 4.69) is 17.0 Å². The third-order valence-corrected chi connectivity index (χ3v) is 6.65. The topological polar surface area (TPSA) is 42.0 Å². The molecule has 27 heavy (non-hydrogen) atoms. The van der Waals surface area contributed by atoms with E-state index in [1.807, 2.05) is 12.1 Å². The van der Waals surface area contributed by atoms with Gasteiger partial charge in [-0.2, -0.15) is 0 Å². The zero-order valence-electron chi connectivity index (χ0n) is 16.5. The van der Waals surface area contributed by atoms with Crippen LogP contribution in [-0.2, 0) is 15.1 Å². The fourth-order valence-corrected chi connectivity index (χ4v) is 5.11. The molecule has 0 radical (unpaired) electrons. The standard InChI is InChI=1S/C22H32N2O3/c1-26-17-16-24-20-11-7-6-10-19(20)22(27-21(24)25)12-14-23(15-13-22)18-8-4-2-3-5-9-18/h6-7,10-11,18H,2-5,8-9,12-17H2,1H3. The highest BCUT2D eigenvalue weighted by atomic mass is 16.6. The Labute approximate surface area is 162 Å². The van der Waals surface area contributed by atoms with Crippen LogP contribution in [0.5, 0.6) is 0 Å². The predicted molar refractivity (Wildman–Crippen MR) is 106 cm³/mol. The lowest BCUT2D eigenvalue weighted by molar-refractivity contribution is -0.0509. The third kappa shape index (κ3) is 3.72. The van der Waals surface area contributed by atoms with Crippen LogP contribution in [0.3, 0.4) is 0 Å². The fourth-order valence-electron chi connectivity index (χ4n) is 5.11. The number of carbonyl (C=O) groups excluding carboxylic acids is 1. The number of methoxy groups -OCH3 is 1. The summed E-state index contributed by atoms with van der Waals surface area (Å²) >= 11 is 0. The molecule has 0 aromatic heterocycles. The van der Waals surface area contributed by atoms with Crippen molar-refractivity contribution in [1.29, 1.82) is 0 Å². The molecule has 148 valence electrons. The van der Waals surface area contributed by atoms with Gasteiger partial charge in [-0.25, -0.2) is 4.79 Å². The molecule has 3 aliphatic rings. The summed E-state index contributed by atoms with van der Waals surface area (Å²) in [6, 6.07) is 8.98. The molecule has 1 aromatic carbocycles. The van der Waals surface area contributed by atoms with Gasteiger partial charge in [0.25, 0.3) is 0 Å². The maximum absolute atomic E-state index is 12.8. The van der Waals surface area contributed by atoms with Gasteiger partial charge in [0, 0.05) is 44.6 Å². The third-order valence-electron chi connectivity index (χ3n) is 6.65. The number of para-hydroxylation sites is 1. The molecular weight excluding hydrogens is 340 g/mol. The zero-order chi connectivity index (χ0) is 18.7. The zero-order valence-corrected chi connectivity index (χ0v) is 16.5. The van der Waals surface area contributed by atoms with Crippen LogP contribution in [0.2, 0.25) is 0 Å². The van der Waals surface area contributed by atoms with Crippen molar-refractivity contribution >= 4 is 11.8 Å². The first-order valence-electron chi connectivity index (χ1n) is 10.6. The van der Waals surface area contributed by atoms with E-state index in [1.54, 1.807) is 12.0 Å². The minimum Gasteiger partial charge on any atom is -0.437 e. The number of amides is 1. The Bertz CT molecular complexity index is 647. The summed E-state index contributed by atoms with van der Waals surface area (Å²) < 4.78 is 11.3. The number of piperidine rings is 1. The van der Waals surface area contributed by atoms with Gasteiger partial charge in [-0.15, -0.1) is 0 Å². The second-order valence-corrected chi connectivity index (χ2v) is 8.21. The lowest BCUT2D eigenvalue weighted by Gasteiger charge is -2.48. The smallest absolute Gasteiger partial charge is 0.415 e. The molecule has 0 bridgehead atoms. The average Bonchev–Trinajstić information content (AvgIpc) is 2.98. The lowest BCUT2D eigenvalue weighted by Crippen LogP contribution is -2.53. The van der Waals surface area contributed by atoms with Crippen molar-refractivity contribution in [3.63, 3.8) is 0 Å². The van der Waals surface area contributed by atoms with E-state index in [1.165, 1.54) is 44.1 Å². The van der Waals surface area contributed by atoms with Crippen molar-refractivity contribution in [2.24, 2.45) is 0 Å². The van der Waals surface area contributed by atoms with Crippen LogP contribution in [-0.4, -0.2) is 50.4 Å². The van der Waals surface area contributed by atoms with Crippen LogP contribution in [0.15, 0.2) is 24.3 Å². The van der Waals surface area contributed by atoms with E-state index in [9.17, 15) is 4.79 Å². The number of anilines is 1. The van der Waals surface area contributed by atoms with Crippen LogP contribution in [0.25, 0.3) is 0 Å². The van der Waals surface area contributed by atoms with Crippen molar-refractivity contribution in [3.05, 3.63) is 29.8 Å². The molecule has 1 saturated heterocycles. The first-order chi connectivity index (χ1) is 13.2. The van der Waals surface area contributed by atoms with Crippen molar-refractivity contribution in [2.45, 2.75) is 63.0 Å². The SMILES string of the molecule is COCCN1C(=O)OC2(CCN(C3CCCCCC3)CC2)c2ccccc21. The van der Waals surface area contributed by atoms with Crippen molar-refractivity contribution < 1.29 is 14.3 Å². The summed E-state index contributed by atoms with van der Waals surface area (Å²) in [6.07, 6.45) is 9.70. The number of nitrogens with zero attached hydrogens (tertiary/aromatic N) is 2. The van der Waals surface area contributed by atoms with Crippen LogP contribution < -0.4 is 4.90 Å². The molecule has 1 aromatic rings. The van der Waals surface area contributed by atoms with Gasteiger partial charge in [0.1, 0.15) is 5.60 Å². The average molecular weight is 373 g/mol. The van der Waals surface area contributed by atoms with Crippen LogP contribution >= 0.6 is 0 Å². The molecule has 4 rings (SSSR count). The van der Waals surface area contributed by atoms with Gasteiger partial charge < -0.3 is 14.4 Å². The molecule has 2 heterocycles. The second kappa shape index (κ2) is 8.19. The summed E-state index contributed by atoms with van der Waals surface area (Å²) in [5.74, 6) is 0. The van der Waals surface area contributed by atoms with Crippen LogP contribution in [0.4, 0.5) is 10.5 Å². The largest absolute Gasteiger partial charge is 0.437 e. The second-order valence-electron chi connectivity index (χ2n) is 8.21. The Morgan fingerprint density at radius 3 is 2.52 bits per heavy atom. The number of hydrogen-bond donors (Lipinski definition) is 0. The number of fused-ring (bicyclic) bond motifs is 2. The Balaban J connectivity index is 1.52. The Kier molecular flexibility index (Phi) is 5.69. The van der Waals surface area contributed by atoms with E-state index in [4.69, 9.17) is 9.47 Å². The summed E-state index contributed by atoms with van der Waals surface area (Å²) in [4.78, 5) is 17.2. The maximum Gasteiger partial charge on any atom is 0.415 e. The number of carbonyl (C=O) groups is 1. The molecule has 1 aliphatic carbocycles. The van der Waals surface area contributed by atoms with Gasteiger partial charge in [0.15, 0.2) is 0 Å². The molecular formula is C22H32N2O3. The van der Waals surface area contributed by atoms with E-state index in [0.717, 1.165) is 37.7 Å². The molecule has 1 amide bonds. The molecule has 0 N–H and O–H groups in total. The van der Waals surface area contributed by atoms with Crippen LogP contribution in [0.1, 0.15) is 56.9 Å². The Hall–Kier alpha value is -1.59. The minimum atomic E-state index is -0.460. The first kappa shape index (κ1) is 18.8. The van der Waals surface area contributed by atoms with Gasteiger partial charge in [0.2, 0.25) is 0 Å². The van der Waals surface area contributed by atoms with Crippen molar-refractivity contribution in [3.8, 4) is 0 Å². The molecule has 1 spiro atoms. The van der Waals surface area contributed by atoms with Gasteiger partial charge in [0.05, 0.1) is 18.8 Å². The molecule has 2 aliphatic heterocycles. The van der Waals surface area contributed by atoms with E-state index < -0.39 is 5.60 Å². The number of likely N-dealkylation sites (tertiary alicyclic amines) is 1. The van der Waals surface area contributed by atoms with E-state index in [0.29, 0.717) is 13.2 Å². The van der Waals surface area contributed by atoms with Crippen molar-refractivity contribution in [1.82, 2.24) is 4.90 Å². The van der Waals surface area contributed by atoms with Gasteiger partial charge in [-0.05, 0) is 18.9 Å². The maximum atomic E-state index is 12.8. The summed E-state index contributed by atoms with van der Waals surface area (Å²) in [6.45, 7) is 3.07. The van der Waals surface area contributed by atoms with Gasteiger partial charge in [-0.3, -0.25) is 4.90 Å². The minimum absolute atomic E-state index is 0.228. The molecule has 1 saturated carbocycles. The molecule has 5 nitrogen and oxygen atoms in total. The van der Waals surface area contributed by atoms with E-state index in [-0.39, 0.29) is 6.09 Å². The highest BCUT2D eigenvalue weighted by Gasteiger charge is 2.47. The van der Waals surface area contributed by atoms with Crippen LogP contribution in [0, 0.1) is 0 Å². The Morgan fingerprint density at radius 1 is 1.11 bits per heavy atom.